The molecule has 3 aromatic heterocycles. The van der Waals surface area contributed by atoms with Gasteiger partial charge in [-0.3, -0.25) is 4.57 Å². The molecule has 4 aromatic rings. The average molecular weight is 285 g/mol. The fourth-order valence-corrected chi connectivity index (χ4v) is 2.44. The van der Waals surface area contributed by atoms with Crippen LogP contribution in [0.5, 0.6) is 0 Å². The van der Waals surface area contributed by atoms with Crippen molar-refractivity contribution in [3.63, 3.8) is 0 Å². The first-order chi connectivity index (χ1) is 10.8. The van der Waals surface area contributed by atoms with Crippen LogP contribution in [0.15, 0.2) is 61.3 Å². The molecule has 0 saturated heterocycles. The second-order valence-electron chi connectivity index (χ2n) is 4.97. The summed E-state index contributed by atoms with van der Waals surface area (Å²) in [5, 5.41) is 10.0. The molecule has 0 bridgehead atoms. The summed E-state index contributed by atoms with van der Waals surface area (Å²) in [6.45, 7) is 0. The van der Waals surface area contributed by atoms with E-state index in [0.29, 0.717) is 5.56 Å². The Labute approximate surface area is 126 Å². The summed E-state index contributed by atoms with van der Waals surface area (Å²) in [5.41, 5.74) is 3.58. The lowest BCUT2D eigenvalue weighted by molar-refractivity contribution is 0.993. The van der Waals surface area contributed by atoms with Crippen LogP contribution in [0.4, 0.5) is 0 Å². The third kappa shape index (κ3) is 2.03. The number of aromatic nitrogens is 4. The van der Waals surface area contributed by atoms with Crippen molar-refractivity contribution in [1.82, 2.24) is 19.5 Å². The zero-order valence-electron chi connectivity index (χ0n) is 11.6. The number of pyridine rings is 1. The van der Waals surface area contributed by atoms with Gasteiger partial charge in [0.2, 0.25) is 0 Å². The molecule has 1 aromatic carbocycles. The number of imidazole rings is 1. The Hall–Kier alpha value is -3.39. The Morgan fingerprint density at radius 3 is 2.82 bits per heavy atom. The van der Waals surface area contributed by atoms with Crippen LogP contribution < -0.4 is 0 Å². The van der Waals surface area contributed by atoms with Crippen LogP contribution >= 0.6 is 0 Å². The lowest BCUT2D eigenvalue weighted by atomic mass is 10.1. The molecular weight excluding hydrogens is 274 g/mol. The van der Waals surface area contributed by atoms with Gasteiger partial charge in [-0.05, 0) is 30.3 Å². The highest BCUT2D eigenvalue weighted by Gasteiger charge is 2.05. The van der Waals surface area contributed by atoms with Crippen molar-refractivity contribution in [2.75, 3.05) is 0 Å². The minimum atomic E-state index is 0.648. The van der Waals surface area contributed by atoms with Gasteiger partial charge in [-0.25, -0.2) is 9.97 Å². The predicted octanol–water partition coefficient (Wildman–Crippen LogP) is 3.29. The Kier molecular flexibility index (Phi) is 2.73. The summed E-state index contributed by atoms with van der Waals surface area (Å²) >= 11 is 0. The summed E-state index contributed by atoms with van der Waals surface area (Å²) in [6.07, 6.45) is 7.12. The number of nitrogens with one attached hydrogen (secondary N) is 1. The molecule has 0 spiro atoms. The van der Waals surface area contributed by atoms with Crippen molar-refractivity contribution in [2.45, 2.75) is 0 Å². The minimum Gasteiger partial charge on any atom is -0.354 e. The van der Waals surface area contributed by atoms with Crippen LogP contribution in [0.1, 0.15) is 5.56 Å². The molecule has 0 aliphatic rings. The van der Waals surface area contributed by atoms with E-state index in [2.05, 4.69) is 27.1 Å². The van der Waals surface area contributed by atoms with Crippen LogP contribution in [-0.2, 0) is 0 Å². The molecule has 0 radical (unpaired) electrons. The van der Waals surface area contributed by atoms with E-state index in [1.54, 1.807) is 12.5 Å². The Morgan fingerprint density at radius 1 is 1.14 bits per heavy atom. The smallest absolute Gasteiger partial charge is 0.137 e. The van der Waals surface area contributed by atoms with E-state index < -0.39 is 0 Å². The van der Waals surface area contributed by atoms with Crippen LogP contribution in [0.3, 0.4) is 0 Å². The van der Waals surface area contributed by atoms with Gasteiger partial charge in [0, 0.05) is 40.8 Å². The molecular formula is C17H11N5. The highest BCUT2D eigenvalue weighted by atomic mass is 15.1. The SMILES string of the molecule is N#Cc1ccc2cc(-c3ccc(-n4ccnc4)nc3)[nH]c2c1. The van der Waals surface area contributed by atoms with Gasteiger partial charge in [0.25, 0.3) is 0 Å². The highest BCUT2D eigenvalue weighted by molar-refractivity contribution is 5.86. The molecule has 0 fully saturated rings. The molecule has 22 heavy (non-hydrogen) atoms. The van der Waals surface area contributed by atoms with Crippen molar-refractivity contribution in [2.24, 2.45) is 0 Å². The zero-order valence-corrected chi connectivity index (χ0v) is 11.6. The number of hydrogen-bond acceptors (Lipinski definition) is 3. The molecule has 0 atom stereocenters. The van der Waals surface area contributed by atoms with Gasteiger partial charge in [-0.1, -0.05) is 6.07 Å². The predicted molar refractivity (Wildman–Crippen MR) is 83.4 cm³/mol. The van der Waals surface area contributed by atoms with E-state index in [-0.39, 0.29) is 0 Å². The number of benzene rings is 1. The first kappa shape index (κ1) is 12.4. The second kappa shape index (κ2) is 4.86. The van der Waals surface area contributed by atoms with Crippen molar-refractivity contribution in [3.05, 3.63) is 66.9 Å². The molecule has 0 unspecified atom stereocenters. The van der Waals surface area contributed by atoms with E-state index in [4.69, 9.17) is 5.26 Å². The van der Waals surface area contributed by atoms with Gasteiger partial charge in [0.05, 0.1) is 11.6 Å². The average Bonchev–Trinajstić information content (AvgIpc) is 3.23. The standard InChI is InChI=1S/C17H11N5/c18-9-12-1-2-13-8-16(21-15(13)7-12)14-3-4-17(20-10-14)22-6-5-19-11-22/h1-8,10-11,21H. The second-order valence-corrected chi connectivity index (χ2v) is 4.97. The van der Waals surface area contributed by atoms with Gasteiger partial charge >= 0.3 is 0 Å². The molecule has 0 saturated carbocycles. The Balaban J connectivity index is 1.74. The summed E-state index contributed by atoms with van der Waals surface area (Å²) in [4.78, 5) is 11.8. The van der Waals surface area contributed by atoms with Crippen LogP contribution in [0, 0.1) is 11.3 Å². The number of aromatic amines is 1. The number of rotatable bonds is 2. The van der Waals surface area contributed by atoms with Crippen LogP contribution in [-0.4, -0.2) is 19.5 Å². The Bertz CT molecular complexity index is 972. The van der Waals surface area contributed by atoms with Crippen molar-refractivity contribution in [3.8, 4) is 23.1 Å². The quantitative estimate of drug-likeness (QED) is 0.614. The maximum Gasteiger partial charge on any atom is 0.137 e. The zero-order chi connectivity index (χ0) is 14.9. The van der Waals surface area contributed by atoms with Crippen LogP contribution in [0.2, 0.25) is 0 Å². The summed E-state index contributed by atoms with van der Waals surface area (Å²) < 4.78 is 1.86. The summed E-state index contributed by atoms with van der Waals surface area (Å²) in [7, 11) is 0. The first-order valence-electron chi connectivity index (χ1n) is 6.81. The van der Waals surface area contributed by atoms with Gasteiger partial charge in [0.15, 0.2) is 0 Å². The number of H-pyrrole nitrogens is 1. The number of fused-ring (bicyclic) bond motifs is 1. The van der Waals surface area contributed by atoms with Crippen molar-refractivity contribution in [1.29, 1.82) is 5.26 Å². The highest BCUT2D eigenvalue weighted by Crippen LogP contribution is 2.24. The van der Waals surface area contributed by atoms with Gasteiger partial charge in [-0.2, -0.15) is 5.26 Å². The molecule has 104 valence electrons. The van der Waals surface area contributed by atoms with E-state index in [9.17, 15) is 0 Å². The first-order valence-corrected chi connectivity index (χ1v) is 6.81. The third-order valence-corrected chi connectivity index (χ3v) is 3.58. The van der Waals surface area contributed by atoms with Gasteiger partial charge in [0.1, 0.15) is 12.1 Å². The molecule has 4 rings (SSSR count). The van der Waals surface area contributed by atoms with E-state index in [0.717, 1.165) is 28.0 Å². The van der Waals surface area contributed by atoms with Crippen molar-refractivity contribution < 1.29 is 0 Å². The number of nitriles is 1. The van der Waals surface area contributed by atoms with Gasteiger partial charge in [-0.15, -0.1) is 0 Å². The number of nitrogens with zero attached hydrogens (tertiary/aromatic N) is 4. The fraction of sp³-hybridized carbons (Fsp3) is 0. The largest absolute Gasteiger partial charge is 0.354 e. The Morgan fingerprint density at radius 2 is 2.09 bits per heavy atom. The van der Waals surface area contributed by atoms with Crippen LogP contribution in [0.25, 0.3) is 28.0 Å². The maximum absolute atomic E-state index is 8.96. The minimum absolute atomic E-state index is 0.648. The van der Waals surface area contributed by atoms with E-state index in [1.165, 1.54) is 0 Å². The maximum atomic E-state index is 8.96. The molecule has 1 N–H and O–H groups in total. The molecule has 0 amide bonds. The topological polar surface area (TPSA) is 70.3 Å². The molecule has 5 heteroatoms. The molecule has 5 nitrogen and oxygen atoms in total. The molecule has 3 heterocycles. The van der Waals surface area contributed by atoms with Crippen molar-refractivity contribution >= 4 is 10.9 Å². The van der Waals surface area contributed by atoms with E-state index in [1.807, 2.05) is 47.3 Å². The summed E-state index contributed by atoms with van der Waals surface area (Å²) in [6, 6.07) is 13.8. The lowest BCUT2D eigenvalue weighted by Gasteiger charge is -2.02. The molecule has 0 aliphatic carbocycles. The summed E-state index contributed by atoms with van der Waals surface area (Å²) in [5.74, 6) is 0.823. The molecule has 0 aliphatic heterocycles. The third-order valence-electron chi connectivity index (χ3n) is 3.58. The van der Waals surface area contributed by atoms with E-state index >= 15 is 0 Å². The number of hydrogen-bond donors (Lipinski definition) is 1. The van der Waals surface area contributed by atoms with Gasteiger partial charge < -0.3 is 4.98 Å². The normalized spacial score (nSPS) is 10.7. The fourth-order valence-electron chi connectivity index (χ4n) is 2.44. The monoisotopic (exact) mass is 285 g/mol. The lowest BCUT2D eigenvalue weighted by Crippen LogP contribution is -1.93.